The Morgan fingerprint density at radius 3 is 3.00 bits per heavy atom. The molecule has 0 aliphatic heterocycles. The van der Waals surface area contributed by atoms with E-state index in [1.165, 1.54) is 13.3 Å². The molecule has 0 aliphatic carbocycles. The lowest BCUT2D eigenvalue weighted by molar-refractivity contribution is -0.384. The van der Waals surface area contributed by atoms with Gasteiger partial charge in [-0.3, -0.25) is 10.1 Å². The summed E-state index contributed by atoms with van der Waals surface area (Å²) in [5.41, 5.74) is 1.44. The van der Waals surface area contributed by atoms with Gasteiger partial charge in [0.1, 0.15) is 5.65 Å². The van der Waals surface area contributed by atoms with Crippen LogP contribution in [0.3, 0.4) is 0 Å². The van der Waals surface area contributed by atoms with Gasteiger partial charge in [0.05, 0.1) is 23.3 Å². The van der Waals surface area contributed by atoms with Gasteiger partial charge in [0.25, 0.3) is 0 Å². The number of carbonyl (C=O) groups is 1. The molecule has 0 saturated carbocycles. The topological polar surface area (TPSA) is 112 Å². The first-order chi connectivity index (χ1) is 12.1. The van der Waals surface area contributed by atoms with Crippen LogP contribution in [0.2, 0.25) is 0 Å². The number of methoxy groups -OCH3 is 1. The molecule has 9 heteroatoms. The van der Waals surface area contributed by atoms with Crippen LogP contribution >= 0.6 is 0 Å². The van der Waals surface area contributed by atoms with Gasteiger partial charge in [-0.1, -0.05) is 6.07 Å². The minimum Gasteiger partial charge on any atom is -0.465 e. The fourth-order valence-corrected chi connectivity index (χ4v) is 2.37. The molecule has 0 bridgehead atoms. The highest BCUT2D eigenvalue weighted by atomic mass is 16.6. The van der Waals surface area contributed by atoms with Gasteiger partial charge in [-0.05, 0) is 12.1 Å². The molecule has 0 atom stereocenters. The zero-order valence-corrected chi connectivity index (χ0v) is 13.4. The quantitative estimate of drug-likeness (QED) is 0.415. The van der Waals surface area contributed by atoms with Crippen molar-refractivity contribution >= 4 is 23.1 Å². The number of nitro groups is 1. The number of pyridine rings is 2. The molecule has 3 aromatic rings. The number of hydrogen-bond acceptors (Lipinski definition) is 7. The Bertz CT molecular complexity index is 904. The van der Waals surface area contributed by atoms with Crippen LogP contribution < -0.4 is 5.32 Å². The molecule has 9 nitrogen and oxygen atoms in total. The average Bonchev–Trinajstić information content (AvgIpc) is 3.03. The predicted octanol–water partition coefficient (Wildman–Crippen LogP) is 2.08. The highest BCUT2D eigenvalue weighted by molar-refractivity contribution is 5.90. The van der Waals surface area contributed by atoms with E-state index >= 15 is 0 Å². The van der Waals surface area contributed by atoms with Crippen molar-refractivity contribution in [3.05, 3.63) is 64.2 Å². The molecule has 0 saturated heterocycles. The predicted molar refractivity (Wildman–Crippen MR) is 89.6 cm³/mol. The van der Waals surface area contributed by atoms with Crippen LogP contribution in [0.15, 0.2) is 42.9 Å². The second-order valence-corrected chi connectivity index (χ2v) is 5.22. The molecule has 0 aromatic carbocycles. The monoisotopic (exact) mass is 341 g/mol. The molecule has 25 heavy (non-hydrogen) atoms. The number of hydrogen-bond donors (Lipinski definition) is 1. The van der Waals surface area contributed by atoms with E-state index in [1.54, 1.807) is 0 Å². The highest BCUT2D eigenvalue weighted by Gasteiger charge is 2.19. The summed E-state index contributed by atoms with van der Waals surface area (Å²) in [6.45, 7) is 0.412. The Morgan fingerprint density at radius 2 is 2.28 bits per heavy atom. The lowest BCUT2D eigenvalue weighted by Gasteiger charge is -2.06. The number of esters is 1. The number of anilines is 1. The molecule has 0 aliphatic rings. The van der Waals surface area contributed by atoms with Crippen molar-refractivity contribution in [3.63, 3.8) is 0 Å². The van der Waals surface area contributed by atoms with Crippen LogP contribution in [-0.2, 0) is 11.2 Å². The van der Waals surface area contributed by atoms with Crippen LogP contribution in [0.1, 0.15) is 16.1 Å². The number of nitrogens with zero attached hydrogens (tertiary/aromatic N) is 4. The maximum atomic E-state index is 11.5. The summed E-state index contributed by atoms with van der Waals surface area (Å²) < 4.78 is 6.45. The molecule has 3 aromatic heterocycles. The maximum absolute atomic E-state index is 11.5. The molecule has 1 N–H and O–H groups in total. The van der Waals surface area contributed by atoms with Gasteiger partial charge in [0.15, 0.2) is 0 Å². The van der Waals surface area contributed by atoms with Gasteiger partial charge < -0.3 is 14.5 Å². The van der Waals surface area contributed by atoms with Crippen molar-refractivity contribution in [2.75, 3.05) is 19.0 Å². The smallest absolute Gasteiger partial charge is 0.339 e. The lowest BCUT2D eigenvalue weighted by Crippen LogP contribution is -2.10. The first-order valence-electron chi connectivity index (χ1n) is 7.47. The van der Waals surface area contributed by atoms with Crippen molar-refractivity contribution in [1.29, 1.82) is 0 Å². The van der Waals surface area contributed by atoms with E-state index in [9.17, 15) is 14.9 Å². The van der Waals surface area contributed by atoms with Gasteiger partial charge in [0, 0.05) is 37.6 Å². The zero-order chi connectivity index (χ0) is 17.8. The summed E-state index contributed by atoms with van der Waals surface area (Å²) in [5.74, 6) is -0.576. The lowest BCUT2D eigenvalue weighted by atomic mass is 10.2. The van der Waals surface area contributed by atoms with E-state index in [4.69, 9.17) is 0 Å². The SMILES string of the molecule is COC(=O)c1cnc(NCCc2cn3ccccc3n2)c([N+](=O)[O-])c1. The van der Waals surface area contributed by atoms with E-state index in [-0.39, 0.29) is 17.1 Å². The molecular weight excluding hydrogens is 326 g/mol. The molecule has 128 valence electrons. The van der Waals surface area contributed by atoms with E-state index in [2.05, 4.69) is 20.0 Å². The Balaban J connectivity index is 1.71. The first-order valence-corrected chi connectivity index (χ1v) is 7.47. The van der Waals surface area contributed by atoms with E-state index in [1.807, 2.05) is 35.0 Å². The number of nitrogens with one attached hydrogen (secondary N) is 1. The van der Waals surface area contributed by atoms with E-state index < -0.39 is 10.9 Å². The number of rotatable bonds is 6. The minimum absolute atomic E-state index is 0.0279. The number of aromatic nitrogens is 3. The number of carbonyl (C=O) groups excluding carboxylic acids is 1. The zero-order valence-electron chi connectivity index (χ0n) is 13.4. The van der Waals surface area contributed by atoms with Gasteiger partial charge in [-0.25, -0.2) is 14.8 Å². The van der Waals surface area contributed by atoms with Crippen molar-refractivity contribution in [2.45, 2.75) is 6.42 Å². The third-order valence-corrected chi connectivity index (χ3v) is 3.57. The summed E-state index contributed by atoms with van der Waals surface area (Å²) >= 11 is 0. The summed E-state index contributed by atoms with van der Waals surface area (Å²) in [5, 5.41) is 14.1. The standard InChI is InChI=1S/C16H15N5O4/c1-25-16(22)11-8-13(21(23)24)15(18-9-11)17-6-5-12-10-20-7-3-2-4-14(20)19-12/h2-4,7-10H,5-6H2,1H3,(H,17,18). The van der Waals surface area contributed by atoms with Crippen molar-refractivity contribution in [1.82, 2.24) is 14.4 Å². The van der Waals surface area contributed by atoms with Crippen LogP contribution in [0.25, 0.3) is 5.65 Å². The van der Waals surface area contributed by atoms with Crippen molar-refractivity contribution < 1.29 is 14.5 Å². The number of fused-ring (bicyclic) bond motifs is 1. The fourth-order valence-electron chi connectivity index (χ4n) is 2.37. The molecule has 3 heterocycles. The van der Waals surface area contributed by atoms with E-state index in [0.29, 0.717) is 13.0 Å². The molecule has 0 spiro atoms. The largest absolute Gasteiger partial charge is 0.465 e. The highest BCUT2D eigenvalue weighted by Crippen LogP contribution is 2.23. The third-order valence-electron chi connectivity index (χ3n) is 3.57. The van der Waals surface area contributed by atoms with E-state index in [0.717, 1.165) is 17.4 Å². The van der Waals surface area contributed by atoms with Gasteiger partial charge in [-0.15, -0.1) is 0 Å². The molecule has 3 rings (SSSR count). The number of imidazole rings is 1. The summed E-state index contributed by atoms with van der Waals surface area (Å²) in [4.78, 5) is 30.5. The second-order valence-electron chi connectivity index (χ2n) is 5.22. The second kappa shape index (κ2) is 6.95. The summed E-state index contributed by atoms with van der Waals surface area (Å²) in [7, 11) is 1.20. The minimum atomic E-state index is -0.674. The van der Waals surface area contributed by atoms with Crippen LogP contribution in [0.5, 0.6) is 0 Å². The Kier molecular flexibility index (Phi) is 4.55. The average molecular weight is 341 g/mol. The Labute approximate surface area is 142 Å². The Hall–Kier alpha value is -3.49. The normalized spacial score (nSPS) is 10.6. The molecular formula is C16H15N5O4. The molecule has 0 radical (unpaired) electrons. The fraction of sp³-hybridized carbons (Fsp3) is 0.188. The first kappa shape index (κ1) is 16.4. The molecule has 0 fully saturated rings. The summed E-state index contributed by atoms with van der Waals surface area (Å²) in [6.07, 6.45) is 5.61. The van der Waals surface area contributed by atoms with Crippen molar-refractivity contribution in [2.24, 2.45) is 0 Å². The van der Waals surface area contributed by atoms with Crippen LogP contribution in [-0.4, -0.2) is 38.9 Å². The third kappa shape index (κ3) is 3.55. The molecule has 0 unspecified atom stereocenters. The van der Waals surface area contributed by atoms with Gasteiger partial charge >= 0.3 is 11.7 Å². The van der Waals surface area contributed by atoms with Gasteiger partial charge in [-0.2, -0.15) is 0 Å². The summed E-state index contributed by atoms with van der Waals surface area (Å²) in [6, 6.07) is 6.86. The van der Waals surface area contributed by atoms with Crippen LogP contribution in [0.4, 0.5) is 11.5 Å². The van der Waals surface area contributed by atoms with Crippen molar-refractivity contribution in [3.8, 4) is 0 Å². The van der Waals surface area contributed by atoms with Gasteiger partial charge in [0.2, 0.25) is 5.82 Å². The Morgan fingerprint density at radius 1 is 1.44 bits per heavy atom. The molecule has 0 amide bonds. The number of ether oxygens (including phenoxy) is 1. The maximum Gasteiger partial charge on any atom is 0.339 e. The van der Waals surface area contributed by atoms with Crippen LogP contribution in [0, 0.1) is 10.1 Å².